The number of anilines is 1. The maximum Gasteiger partial charge on any atom is 0.416 e. The number of hydrogen-bond acceptors (Lipinski definition) is 5. The van der Waals surface area contributed by atoms with Crippen LogP contribution < -0.4 is 10.9 Å². The lowest BCUT2D eigenvalue weighted by Crippen LogP contribution is -2.27. The molecule has 162 valence electrons. The number of carbonyl (C=O) groups excluding carboxylic acids is 2. The lowest BCUT2D eigenvalue weighted by Gasteiger charge is -2.11. The number of nitrogens with one attached hydrogen (secondary N) is 1. The van der Waals surface area contributed by atoms with Crippen LogP contribution in [0.5, 0.6) is 0 Å². The lowest BCUT2D eigenvalue weighted by atomic mass is 10.1. The Morgan fingerprint density at radius 3 is 2.32 bits per heavy atom. The number of amides is 1. The SMILES string of the molecule is CCCn1nc(C(=O)OCC(=O)Nc2ccc(C(F)(F)F)cc2)c2ccccc2c1=O. The molecule has 0 aliphatic heterocycles. The van der Waals surface area contributed by atoms with Crippen molar-refractivity contribution in [1.82, 2.24) is 9.78 Å². The van der Waals surface area contributed by atoms with Crippen molar-refractivity contribution >= 4 is 28.3 Å². The van der Waals surface area contributed by atoms with Crippen LogP contribution in [0, 0.1) is 0 Å². The molecule has 10 heteroatoms. The summed E-state index contributed by atoms with van der Waals surface area (Å²) in [6.07, 6.45) is -3.86. The third-order valence-corrected chi connectivity index (χ3v) is 4.33. The topological polar surface area (TPSA) is 90.3 Å². The molecule has 1 N–H and O–H groups in total. The normalized spacial score (nSPS) is 11.4. The smallest absolute Gasteiger partial charge is 0.416 e. The fourth-order valence-corrected chi connectivity index (χ4v) is 2.89. The first-order valence-corrected chi connectivity index (χ1v) is 9.34. The largest absolute Gasteiger partial charge is 0.451 e. The van der Waals surface area contributed by atoms with E-state index in [1.807, 2.05) is 6.92 Å². The highest BCUT2D eigenvalue weighted by atomic mass is 19.4. The van der Waals surface area contributed by atoms with Crippen molar-refractivity contribution in [3.63, 3.8) is 0 Å². The molecule has 0 unspecified atom stereocenters. The molecule has 0 aliphatic rings. The van der Waals surface area contributed by atoms with E-state index in [1.54, 1.807) is 24.3 Å². The van der Waals surface area contributed by atoms with Gasteiger partial charge in [0, 0.05) is 17.6 Å². The van der Waals surface area contributed by atoms with Gasteiger partial charge >= 0.3 is 12.1 Å². The third-order valence-electron chi connectivity index (χ3n) is 4.33. The molecule has 1 heterocycles. The number of rotatable bonds is 6. The van der Waals surface area contributed by atoms with Crippen LogP contribution in [0.15, 0.2) is 53.3 Å². The molecule has 0 fully saturated rings. The van der Waals surface area contributed by atoms with Gasteiger partial charge in [-0.2, -0.15) is 18.3 Å². The molecule has 0 aliphatic carbocycles. The summed E-state index contributed by atoms with van der Waals surface area (Å²) in [5, 5.41) is 7.02. The van der Waals surface area contributed by atoms with Crippen LogP contribution in [0.4, 0.5) is 18.9 Å². The molecule has 1 aromatic heterocycles. The highest BCUT2D eigenvalue weighted by Crippen LogP contribution is 2.29. The van der Waals surface area contributed by atoms with Gasteiger partial charge in [-0.3, -0.25) is 9.59 Å². The highest BCUT2D eigenvalue weighted by molar-refractivity contribution is 6.03. The number of carbonyl (C=O) groups is 2. The molecule has 3 rings (SSSR count). The Bertz CT molecular complexity index is 1170. The summed E-state index contributed by atoms with van der Waals surface area (Å²) in [6.45, 7) is 1.48. The zero-order chi connectivity index (χ0) is 22.6. The van der Waals surface area contributed by atoms with E-state index in [-0.39, 0.29) is 16.9 Å². The molecule has 0 spiro atoms. The van der Waals surface area contributed by atoms with E-state index in [2.05, 4.69) is 10.4 Å². The summed E-state index contributed by atoms with van der Waals surface area (Å²) >= 11 is 0. The zero-order valence-electron chi connectivity index (χ0n) is 16.4. The number of fused-ring (bicyclic) bond motifs is 1. The molecule has 7 nitrogen and oxygen atoms in total. The number of ether oxygens (including phenoxy) is 1. The molecule has 0 saturated heterocycles. The van der Waals surface area contributed by atoms with Gasteiger partial charge in [-0.1, -0.05) is 25.1 Å². The maximum atomic E-state index is 12.6. The third kappa shape index (κ3) is 5.08. The van der Waals surface area contributed by atoms with Crippen LogP contribution in [0.2, 0.25) is 0 Å². The van der Waals surface area contributed by atoms with Crippen molar-refractivity contribution in [3.8, 4) is 0 Å². The van der Waals surface area contributed by atoms with Crippen LogP contribution in [0.25, 0.3) is 10.8 Å². The number of aromatic nitrogens is 2. The summed E-state index contributed by atoms with van der Waals surface area (Å²) in [5.41, 5.74) is -1.17. The van der Waals surface area contributed by atoms with Gasteiger partial charge in [0.15, 0.2) is 12.3 Å². The Balaban J connectivity index is 1.72. The van der Waals surface area contributed by atoms with Crippen molar-refractivity contribution in [2.75, 3.05) is 11.9 Å². The molecule has 3 aromatic rings. The fraction of sp³-hybridized carbons (Fsp3) is 0.238. The lowest BCUT2D eigenvalue weighted by molar-refractivity contribution is -0.137. The second-order valence-electron chi connectivity index (χ2n) is 6.62. The number of nitrogens with zero attached hydrogens (tertiary/aromatic N) is 2. The van der Waals surface area contributed by atoms with Gasteiger partial charge in [0.25, 0.3) is 11.5 Å². The minimum atomic E-state index is -4.48. The van der Waals surface area contributed by atoms with Crippen molar-refractivity contribution in [1.29, 1.82) is 0 Å². The van der Waals surface area contributed by atoms with Crippen molar-refractivity contribution < 1.29 is 27.5 Å². The van der Waals surface area contributed by atoms with Gasteiger partial charge in [0.05, 0.1) is 10.9 Å². The van der Waals surface area contributed by atoms with Gasteiger partial charge in [-0.15, -0.1) is 0 Å². The number of benzene rings is 2. The minimum absolute atomic E-state index is 0.106. The van der Waals surface area contributed by atoms with E-state index in [1.165, 1.54) is 4.68 Å². The van der Waals surface area contributed by atoms with E-state index in [0.717, 1.165) is 24.3 Å². The number of esters is 1. The van der Waals surface area contributed by atoms with Crippen LogP contribution in [-0.2, 0) is 22.3 Å². The standard InChI is InChI=1S/C21H18F3N3O4/c1-2-11-27-19(29)16-6-4-3-5-15(16)18(26-27)20(30)31-12-17(28)25-14-9-7-13(8-10-14)21(22,23)24/h3-10H,2,11-12H2,1H3,(H,25,28). The highest BCUT2D eigenvalue weighted by Gasteiger charge is 2.30. The second kappa shape index (κ2) is 8.99. The molecule has 31 heavy (non-hydrogen) atoms. The number of alkyl halides is 3. The van der Waals surface area contributed by atoms with Crippen LogP contribution in [0.3, 0.4) is 0 Å². The average Bonchev–Trinajstić information content (AvgIpc) is 2.74. The molecular weight excluding hydrogens is 415 g/mol. The van der Waals surface area contributed by atoms with E-state index in [0.29, 0.717) is 23.7 Å². The van der Waals surface area contributed by atoms with Crippen LogP contribution >= 0.6 is 0 Å². The second-order valence-corrected chi connectivity index (χ2v) is 6.62. The van der Waals surface area contributed by atoms with Gasteiger partial charge in [-0.25, -0.2) is 9.48 Å². The number of halogens is 3. The van der Waals surface area contributed by atoms with Gasteiger partial charge < -0.3 is 10.1 Å². The Kier molecular flexibility index (Phi) is 6.38. The van der Waals surface area contributed by atoms with Gasteiger partial charge in [0.1, 0.15) is 0 Å². The molecule has 0 radical (unpaired) electrons. The minimum Gasteiger partial charge on any atom is -0.451 e. The quantitative estimate of drug-likeness (QED) is 0.600. The monoisotopic (exact) mass is 433 g/mol. The van der Waals surface area contributed by atoms with E-state index in [4.69, 9.17) is 4.74 Å². The summed E-state index contributed by atoms with van der Waals surface area (Å²) in [6, 6.07) is 10.3. The average molecular weight is 433 g/mol. The van der Waals surface area contributed by atoms with Gasteiger partial charge in [0.2, 0.25) is 0 Å². The fourth-order valence-electron chi connectivity index (χ4n) is 2.89. The molecule has 0 saturated carbocycles. The molecular formula is C21H18F3N3O4. The first kappa shape index (κ1) is 22.0. The zero-order valence-corrected chi connectivity index (χ0v) is 16.4. The summed E-state index contributed by atoms with van der Waals surface area (Å²) in [5.74, 6) is -1.64. The molecule has 0 atom stereocenters. The Labute approximate surface area is 174 Å². The van der Waals surface area contributed by atoms with Crippen molar-refractivity contribution in [3.05, 3.63) is 70.1 Å². The van der Waals surface area contributed by atoms with E-state index >= 15 is 0 Å². The number of hydrogen-bond donors (Lipinski definition) is 1. The predicted molar refractivity (Wildman–Crippen MR) is 107 cm³/mol. The maximum absolute atomic E-state index is 12.6. The predicted octanol–water partition coefficient (Wildman–Crippen LogP) is 3.62. The summed E-state index contributed by atoms with van der Waals surface area (Å²) in [4.78, 5) is 37.0. The first-order chi connectivity index (χ1) is 14.7. The van der Waals surface area contributed by atoms with Crippen molar-refractivity contribution in [2.24, 2.45) is 0 Å². The first-order valence-electron chi connectivity index (χ1n) is 9.34. The van der Waals surface area contributed by atoms with E-state index < -0.39 is 30.2 Å². The Morgan fingerprint density at radius 1 is 1.06 bits per heavy atom. The molecule has 1 amide bonds. The molecule has 2 aromatic carbocycles. The van der Waals surface area contributed by atoms with E-state index in [9.17, 15) is 27.6 Å². The number of aryl methyl sites for hydroxylation is 1. The van der Waals surface area contributed by atoms with Crippen LogP contribution in [-0.4, -0.2) is 28.3 Å². The molecule has 0 bridgehead atoms. The summed E-state index contributed by atoms with van der Waals surface area (Å²) < 4.78 is 44.0. The van der Waals surface area contributed by atoms with Gasteiger partial charge in [-0.05, 0) is 36.8 Å². The van der Waals surface area contributed by atoms with Crippen molar-refractivity contribution in [2.45, 2.75) is 26.1 Å². The van der Waals surface area contributed by atoms with Crippen LogP contribution in [0.1, 0.15) is 29.4 Å². The summed E-state index contributed by atoms with van der Waals surface area (Å²) in [7, 11) is 0. The Hall–Kier alpha value is -3.69. The Morgan fingerprint density at radius 2 is 1.71 bits per heavy atom.